The Kier molecular flexibility index (Phi) is 5.55. The number of halogens is 1. The van der Waals surface area contributed by atoms with Gasteiger partial charge >= 0.3 is 0 Å². The van der Waals surface area contributed by atoms with E-state index in [1.807, 2.05) is 19.9 Å². The molecule has 8 nitrogen and oxygen atoms in total. The number of aromatic nitrogens is 2. The van der Waals surface area contributed by atoms with Gasteiger partial charge in [-0.25, -0.2) is 14.4 Å². The number of hydrogen-bond acceptors (Lipinski definition) is 7. The number of carbonyl (C=O) groups is 1. The van der Waals surface area contributed by atoms with Crippen LogP contribution < -0.4 is 14.8 Å². The van der Waals surface area contributed by atoms with Gasteiger partial charge in [0.05, 0.1) is 12.2 Å². The molecule has 3 heterocycles. The lowest BCUT2D eigenvalue weighted by Gasteiger charge is -2.35. The van der Waals surface area contributed by atoms with Crippen molar-refractivity contribution in [3.8, 4) is 22.9 Å². The van der Waals surface area contributed by atoms with Gasteiger partial charge in [-0.3, -0.25) is 4.79 Å². The lowest BCUT2D eigenvalue weighted by atomic mass is 10.1. The van der Waals surface area contributed by atoms with Crippen molar-refractivity contribution in [1.82, 2.24) is 14.9 Å². The Morgan fingerprint density at radius 3 is 2.67 bits per heavy atom. The van der Waals surface area contributed by atoms with E-state index in [4.69, 9.17) is 14.2 Å². The van der Waals surface area contributed by atoms with Crippen molar-refractivity contribution in [2.24, 2.45) is 0 Å². The maximum atomic E-state index is 13.8. The number of carbonyl (C=O) groups excluding carboxylic acids is 1. The second kappa shape index (κ2) is 8.67. The van der Waals surface area contributed by atoms with Crippen LogP contribution >= 0.6 is 0 Å². The van der Waals surface area contributed by atoms with Crippen molar-refractivity contribution < 1.29 is 23.4 Å². The standard InChI is InChI=1S/C24H23FN4O4/c1-14-11-29(12-15(2)33-14)24(30)19-10-26-22(16-6-7-20-21(8-16)32-13-31-20)28-23(19)27-18-5-3-4-17(25)9-18/h3-10,14-15H,11-13H2,1-2H3,(H,26,27,28)/t14-,15-/m1/s1. The molecule has 1 N–H and O–H groups in total. The fourth-order valence-electron chi connectivity index (χ4n) is 4.03. The molecule has 1 amide bonds. The quantitative estimate of drug-likeness (QED) is 0.643. The Morgan fingerprint density at radius 2 is 1.88 bits per heavy atom. The molecular weight excluding hydrogens is 427 g/mol. The van der Waals surface area contributed by atoms with Gasteiger partial charge < -0.3 is 24.4 Å². The monoisotopic (exact) mass is 450 g/mol. The molecule has 2 atom stereocenters. The summed E-state index contributed by atoms with van der Waals surface area (Å²) in [6, 6.07) is 11.4. The smallest absolute Gasteiger partial charge is 0.259 e. The Hall–Kier alpha value is -3.72. The summed E-state index contributed by atoms with van der Waals surface area (Å²) in [6.07, 6.45) is 1.35. The van der Waals surface area contributed by atoms with Gasteiger partial charge in [0.25, 0.3) is 5.91 Å². The SMILES string of the molecule is C[C@@H]1CN(C(=O)c2cnc(-c3ccc4c(c3)OCO4)nc2Nc2cccc(F)c2)C[C@@H](C)O1. The number of hydrogen-bond donors (Lipinski definition) is 1. The van der Waals surface area contributed by atoms with E-state index in [1.54, 1.807) is 29.2 Å². The van der Waals surface area contributed by atoms with Crippen LogP contribution in [-0.4, -0.2) is 52.9 Å². The summed E-state index contributed by atoms with van der Waals surface area (Å²) >= 11 is 0. The number of anilines is 2. The van der Waals surface area contributed by atoms with E-state index in [2.05, 4.69) is 15.3 Å². The van der Waals surface area contributed by atoms with Gasteiger partial charge in [0.1, 0.15) is 17.2 Å². The molecule has 170 valence electrons. The van der Waals surface area contributed by atoms with Crippen LogP contribution in [0.15, 0.2) is 48.7 Å². The average molecular weight is 450 g/mol. The minimum atomic E-state index is -0.395. The van der Waals surface area contributed by atoms with E-state index in [0.717, 1.165) is 0 Å². The molecule has 3 aromatic rings. The summed E-state index contributed by atoms with van der Waals surface area (Å²) in [5, 5.41) is 3.09. The molecule has 5 rings (SSSR count). The fraction of sp³-hybridized carbons (Fsp3) is 0.292. The number of rotatable bonds is 4. The Morgan fingerprint density at radius 1 is 1.09 bits per heavy atom. The van der Waals surface area contributed by atoms with Crippen LogP contribution in [0.3, 0.4) is 0 Å². The maximum absolute atomic E-state index is 13.8. The van der Waals surface area contributed by atoms with Crippen molar-refractivity contribution in [2.75, 3.05) is 25.2 Å². The first-order valence-electron chi connectivity index (χ1n) is 10.7. The van der Waals surface area contributed by atoms with Crippen molar-refractivity contribution in [3.05, 3.63) is 60.0 Å². The van der Waals surface area contributed by atoms with Gasteiger partial charge in [-0.1, -0.05) is 6.07 Å². The highest BCUT2D eigenvalue weighted by atomic mass is 19.1. The summed E-state index contributed by atoms with van der Waals surface area (Å²) in [6.45, 7) is 4.96. The van der Waals surface area contributed by atoms with Gasteiger partial charge in [-0.2, -0.15) is 0 Å². The first-order chi connectivity index (χ1) is 16.0. The Balaban J connectivity index is 1.52. The molecule has 1 fully saturated rings. The summed E-state index contributed by atoms with van der Waals surface area (Å²) in [4.78, 5) is 24.2. The normalized spacial score (nSPS) is 19.4. The molecule has 0 saturated carbocycles. The second-order valence-corrected chi connectivity index (χ2v) is 8.13. The molecule has 1 aromatic heterocycles. The Bertz CT molecular complexity index is 1190. The average Bonchev–Trinajstić information content (AvgIpc) is 3.26. The Labute approximate surface area is 190 Å². The molecule has 9 heteroatoms. The first-order valence-corrected chi connectivity index (χ1v) is 10.7. The zero-order chi connectivity index (χ0) is 22.9. The number of nitrogens with zero attached hydrogens (tertiary/aromatic N) is 3. The van der Waals surface area contributed by atoms with Crippen LogP contribution in [-0.2, 0) is 4.74 Å². The van der Waals surface area contributed by atoms with E-state index in [0.29, 0.717) is 53.0 Å². The van der Waals surface area contributed by atoms with E-state index < -0.39 is 5.82 Å². The van der Waals surface area contributed by atoms with E-state index in [-0.39, 0.29) is 24.9 Å². The van der Waals surface area contributed by atoms with Gasteiger partial charge in [-0.15, -0.1) is 0 Å². The van der Waals surface area contributed by atoms with Crippen LogP contribution in [0.5, 0.6) is 11.5 Å². The van der Waals surface area contributed by atoms with Crippen LogP contribution in [0.25, 0.3) is 11.4 Å². The van der Waals surface area contributed by atoms with Crippen LogP contribution in [0.1, 0.15) is 24.2 Å². The molecule has 0 bridgehead atoms. The molecule has 33 heavy (non-hydrogen) atoms. The molecule has 0 unspecified atom stereocenters. The van der Waals surface area contributed by atoms with E-state index >= 15 is 0 Å². The number of fused-ring (bicyclic) bond motifs is 1. The zero-order valence-electron chi connectivity index (χ0n) is 18.2. The van der Waals surface area contributed by atoms with Gasteiger partial charge in [-0.05, 0) is 50.2 Å². The lowest BCUT2D eigenvalue weighted by Crippen LogP contribution is -2.48. The summed E-state index contributed by atoms with van der Waals surface area (Å²) in [7, 11) is 0. The molecule has 2 aliphatic rings. The molecule has 0 aliphatic carbocycles. The number of morpholine rings is 1. The molecule has 0 radical (unpaired) electrons. The van der Waals surface area contributed by atoms with E-state index in [9.17, 15) is 9.18 Å². The molecule has 1 saturated heterocycles. The van der Waals surface area contributed by atoms with Crippen LogP contribution in [0, 0.1) is 5.82 Å². The molecular formula is C24H23FN4O4. The minimum absolute atomic E-state index is 0.0776. The number of benzene rings is 2. The van der Waals surface area contributed by atoms with Crippen molar-refractivity contribution >= 4 is 17.4 Å². The number of ether oxygens (including phenoxy) is 3. The van der Waals surface area contributed by atoms with Crippen molar-refractivity contribution in [1.29, 1.82) is 0 Å². The number of nitrogens with one attached hydrogen (secondary N) is 1. The molecule has 2 aliphatic heterocycles. The second-order valence-electron chi connectivity index (χ2n) is 8.13. The third-order valence-corrected chi connectivity index (χ3v) is 5.44. The van der Waals surface area contributed by atoms with Crippen LogP contribution in [0.2, 0.25) is 0 Å². The van der Waals surface area contributed by atoms with Gasteiger partial charge in [0.15, 0.2) is 17.3 Å². The third kappa shape index (κ3) is 4.45. The van der Waals surface area contributed by atoms with Crippen molar-refractivity contribution in [3.63, 3.8) is 0 Å². The number of amides is 1. The lowest BCUT2D eigenvalue weighted by molar-refractivity contribution is -0.0586. The summed E-state index contributed by atoms with van der Waals surface area (Å²) in [5.74, 6) is 1.33. The minimum Gasteiger partial charge on any atom is -0.454 e. The first kappa shape index (κ1) is 21.1. The highest BCUT2D eigenvalue weighted by molar-refractivity contribution is 5.99. The predicted octanol–water partition coefficient (Wildman–Crippen LogP) is 4.00. The molecule has 0 spiro atoms. The third-order valence-electron chi connectivity index (χ3n) is 5.44. The highest BCUT2D eigenvalue weighted by Crippen LogP contribution is 2.35. The van der Waals surface area contributed by atoms with Gasteiger partial charge in [0.2, 0.25) is 6.79 Å². The fourth-order valence-corrected chi connectivity index (χ4v) is 4.03. The van der Waals surface area contributed by atoms with Gasteiger partial charge in [0, 0.05) is 30.5 Å². The summed E-state index contributed by atoms with van der Waals surface area (Å²) < 4.78 is 30.4. The molecule has 2 aromatic carbocycles. The maximum Gasteiger partial charge on any atom is 0.259 e. The topological polar surface area (TPSA) is 85.8 Å². The zero-order valence-corrected chi connectivity index (χ0v) is 18.2. The predicted molar refractivity (Wildman–Crippen MR) is 119 cm³/mol. The van der Waals surface area contributed by atoms with Crippen molar-refractivity contribution in [2.45, 2.75) is 26.1 Å². The van der Waals surface area contributed by atoms with Crippen LogP contribution in [0.4, 0.5) is 15.9 Å². The summed E-state index contributed by atoms with van der Waals surface area (Å²) in [5.41, 5.74) is 1.47. The largest absolute Gasteiger partial charge is 0.454 e. The van der Waals surface area contributed by atoms with E-state index in [1.165, 1.54) is 18.3 Å². The highest BCUT2D eigenvalue weighted by Gasteiger charge is 2.29.